The first-order valence-electron chi connectivity index (χ1n) is 11.6. The summed E-state index contributed by atoms with van der Waals surface area (Å²) in [6.45, 7) is 9.21. The van der Waals surface area contributed by atoms with Crippen molar-refractivity contribution in [1.82, 2.24) is 10.2 Å². The molecule has 3 aromatic rings. The van der Waals surface area contributed by atoms with Gasteiger partial charge in [-0.05, 0) is 60.2 Å². The van der Waals surface area contributed by atoms with Crippen molar-refractivity contribution in [1.29, 1.82) is 5.26 Å². The lowest BCUT2D eigenvalue weighted by molar-refractivity contribution is -0.112. The number of amides is 1. The molecular formula is C27H30N4O3S. The molecule has 0 spiro atoms. The number of nitrogens with zero attached hydrogens (tertiary/aromatic N) is 3. The van der Waals surface area contributed by atoms with Crippen LogP contribution in [0.1, 0.15) is 54.8 Å². The van der Waals surface area contributed by atoms with E-state index in [1.807, 2.05) is 19.9 Å². The van der Waals surface area contributed by atoms with Crippen LogP contribution < -0.4 is 14.8 Å². The molecule has 8 heteroatoms. The second-order valence-electron chi connectivity index (χ2n) is 8.34. The summed E-state index contributed by atoms with van der Waals surface area (Å²) in [5.41, 5.74) is 3.03. The Morgan fingerprint density at radius 3 is 2.57 bits per heavy atom. The lowest BCUT2D eigenvalue weighted by Gasteiger charge is -2.15. The highest BCUT2D eigenvalue weighted by atomic mass is 32.1. The molecule has 2 aromatic carbocycles. The first kappa shape index (κ1) is 25.9. The van der Waals surface area contributed by atoms with Crippen LogP contribution in [-0.2, 0) is 11.2 Å². The van der Waals surface area contributed by atoms with Crippen LogP contribution in [0.3, 0.4) is 0 Å². The number of ether oxygens (including phenoxy) is 2. The van der Waals surface area contributed by atoms with Gasteiger partial charge < -0.3 is 9.47 Å². The number of nitriles is 1. The van der Waals surface area contributed by atoms with E-state index < -0.39 is 5.91 Å². The molecule has 1 aromatic heterocycles. The first-order chi connectivity index (χ1) is 16.9. The van der Waals surface area contributed by atoms with E-state index >= 15 is 0 Å². The average molecular weight is 491 g/mol. The first-order valence-corrected chi connectivity index (χ1v) is 12.4. The van der Waals surface area contributed by atoms with Crippen LogP contribution in [0.5, 0.6) is 11.5 Å². The van der Waals surface area contributed by atoms with Gasteiger partial charge in [0.2, 0.25) is 5.13 Å². The molecule has 0 saturated carbocycles. The van der Waals surface area contributed by atoms with Gasteiger partial charge in [0.25, 0.3) is 5.91 Å². The summed E-state index contributed by atoms with van der Waals surface area (Å²) in [5, 5.41) is 21.3. The third kappa shape index (κ3) is 7.66. The zero-order chi connectivity index (χ0) is 25.2. The van der Waals surface area contributed by atoms with Crippen LogP contribution in [0.2, 0.25) is 0 Å². The molecule has 0 atom stereocenters. The third-order valence-corrected chi connectivity index (χ3v) is 6.01. The Hall–Kier alpha value is -3.70. The number of aryl methyl sites for hydroxylation is 2. The fourth-order valence-corrected chi connectivity index (χ4v) is 4.15. The molecule has 35 heavy (non-hydrogen) atoms. The maximum atomic E-state index is 12.5. The Morgan fingerprint density at radius 2 is 1.89 bits per heavy atom. The number of aromatic nitrogens is 2. The van der Waals surface area contributed by atoms with Gasteiger partial charge in [-0.2, -0.15) is 5.26 Å². The lowest BCUT2D eigenvalue weighted by atomic mass is 10.0. The van der Waals surface area contributed by atoms with E-state index in [1.54, 1.807) is 24.3 Å². The van der Waals surface area contributed by atoms with Gasteiger partial charge in [-0.1, -0.05) is 56.4 Å². The molecule has 1 N–H and O–H groups in total. The van der Waals surface area contributed by atoms with Crippen LogP contribution in [0.4, 0.5) is 5.13 Å². The van der Waals surface area contributed by atoms with Gasteiger partial charge >= 0.3 is 0 Å². The maximum Gasteiger partial charge on any atom is 0.268 e. The highest BCUT2D eigenvalue weighted by Gasteiger charge is 2.13. The summed E-state index contributed by atoms with van der Waals surface area (Å²) < 4.78 is 11.7. The van der Waals surface area contributed by atoms with Crippen molar-refractivity contribution in [3.05, 3.63) is 69.7 Å². The van der Waals surface area contributed by atoms with E-state index in [2.05, 4.69) is 47.6 Å². The number of anilines is 1. The molecule has 0 saturated heterocycles. The minimum absolute atomic E-state index is 0.0154. The minimum Gasteiger partial charge on any atom is -0.490 e. The second kappa shape index (κ2) is 12.7. The van der Waals surface area contributed by atoms with Crippen LogP contribution in [0.25, 0.3) is 6.08 Å². The molecule has 182 valence electrons. The van der Waals surface area contributed by atoms with Crippen molar-refractivity contribution in [2.24, 2.45) is 0 Å². The zero-order valence-electron chi connectivity index (χ0n) is 20.5. The normalized spacial score (nSPS) is 11.3. The molecule has 0 aliphatic carbocycles. The SMILES string of the molecule is CCCc1nnc(NC(=O)/C(C#N)=C\c2ccc(OCCOc3cc(C)ccc3C(C)C)cc2)s1. The Morgan fingerprint density at radius 1 is 1.14 bits per heavy atom. The summed E-state index contributed by atoms with van der Waals surface area (Å²) in [6.07, 6.45) is 3.28. The van der Waals surface area contributed by atoms with Crippen LogP contribution >= 0.6 is 11.3 Å². The number of carbonyl (C=O) groups is 1. The number of hydrogen-bond acceptors (Lipinski definition) is 7. The Labute approximate surface area is 210 Å². The van der Waals surface area contributed by atoms with Crippen LogP contribution in [0, 0.1) is 18.3 Å². The fraction of sp³-hybridized carbons (Fsp3) is 0.333. The van der Waals surface area contributed by atoms with Gasteiger partial charge in [-0.25, -0.2) is 0 Å². The zero-order valence-corrected chi connectivity index (χ0v) is 21.3. The lowest BCUT2D eigenvalue weighted by Crippen LogP contribution is -2.13. The molecule has 7 nitrogen and oxygen atoms in total. The van der Waals surface area contributed by atoms with Gasteiger partial charge in [0.05, 0.1) is 0 Å². The number of hydrogen-bond donors (Lipinski definition) is 1. The largest absolute Gasteiger partial charge is 0.490 e. The van der Waals surface area contributed by atoms with Crippen LogP contribution in [-0.4, -0.2) is 29.3 Å². The Kier molecular flexibility index (Phi) is 9.39. The van der Waals surface area contributed by atoms with Crippen molar-refractivity contribution in [3.8, 4) is 17.6 Å². The molecule has 0 radical (unpaired) electrons. The number of carbonyl (C=O) groups excluding carboxylic acids is 1. The molecule has 0 aliphatic rings. The summed E-state index contributed by atoms with van der Waals surface area (Å²) >= 11 is 1.31. The summed E-state index contributed by atoms with van der Waals surface area (Å²) in [6, 6.07) is 15.4. The van der Waals surface area contributed by atoms with Gasteiger partial charge in [-0.15, -0.1) is 10.2 Å². The van der Waals surface area contributed by atoms with Gasteiger partial charge in [0, 0.05) is 6.42 Å². The van der Waals surface area contributed by atoms with Crippen molar-refractivity contribution in [2.75, 3.05) is 18.5 Å². The molecule has 0 aliphatic heterocycles. The van der Waals surface area contributed by atoms with E-state index in [1.165, 1.54) is 23.0 Å². The minimum atomic E-state index is -0.513. The van der Waals surface area contributed by atoms with E-state index in [0.717, 1.165) is 29.2 Å². The van der Waals surface area contributed by atoms with E-state index in [0.29, 0.717) is 35.6 Å². The highest BCUT2D eigenvalue weighted by Crippen LogP contribution is 2.27. The van der Waals surface area contributed by atoms with Crippen molar-refractivity contribution >= 4 is 28.5 Å². The quantitative estimate of drug-likeness (QED) is 0.203. The summed E-state index contributed by atoms with van der Waals surface area (Å²) in [4.78, 5) is 12.5. The van der Waals surface area contributed by atoms with Crippen molar-refractivity contribution in [2.45, 2.75) is 46.5 Å². The third-order valence-electron chi connectivity index (χ3n) is 5.11. The maximum absolute atomic E-state index is 12.5. The topological polar surface area (TPSA) is 97.1 Å². The van der Waals surface area contributed by atoms with E-state index in [9.17, 15) is 10.1 Å². The smallest absolute Gasteiger partial charge is 0.268 e. The predicted molar refractivity (Wildman–Crippen MR) is 139 cm³/mol. The van der Waals surface area contributed by atoms with Crippen LogP contribution in [0.15, 0.2) is 48.0 Å². The number of benzene rings is 2. The molecule has 0 fully saturated rings. The molecule has 1 amide bonds. The fourth-order valence-electron chi connectivity index (χ4n) is 3.31. The molecular weight excluding hydrogens is 460 g/mol. The highest BCUT2D eigenvalue weighted by molar-refractivity contribution is 7.15. The molecule has 1 heterocycles. The van der Waals surface area contributed by atoms with Crippen molar-refractivity contribution in [3.63, 3.8) is 0 Å². The Balaban J connectivity index is 1.53. The molecule has 0 unspecified atom stereocenters. The summed E-state index contributed by atoms with van der Waals surface area (Å²) in [7, 11) is 0. The molecule has 3 rings (SSSR count). The predicted octanol–water partition coefficient (Wildman–Crippen LogP) is 5.93. The van der Waals surface area contributed by atoms with Crippen molar-refractivity contribution < 1.29 is 14.3 Å². The van der Waals surface area contributed by atoms with E-state index in [-0.39, 0.29) is 5.57 Å². The second-order valence-corrected chi connectivity index (χ2v) is 9.40. The average Bonchev–Trinajstić information content (AvgIpc) is 3.27. The standard InChI is InChI=1S/C27H30N4O3S/c1-5-6-25-30-31-27(35-25)29-26(32)21(17-28)16-20-8-10-22(11-9-20)33-13-14-34-24-15-19(4)7-12-23(24)18(2)3/h7-12,15-16,18H,5-6,13-14H2,1-4H3,(H,29,31,32)/b21-16-. The van der Waals surface area contributed by atoms with Gasteiger partial charge in [-0.3, -0.25) is 10.1 Å². The monoisotopic (exact) mass is 490 g/mol. The number of nitrogens with one attached hydrogen (secondary N) is 1. The Bertz CT molecular complexity index is 1210. The molecule has 0 bridgehead atoms. The van der Waals surface area contributed by atoms with Gasteiger partial charge in [0.1, 0.15) is 41.4 Å². The van der Waals surface area contributed by atoms with Gasteiger partial charge in [0.15, 0.2) is 0 Å². The number of rotatable bonds is 11. The van der Waals surface area contributed by atoms with E-state index in [4.69, 9.17) is 9.47 Å². The summed E-state index contributed by atoms with van der Waals surface area (Å²) in [5.74, 6) is 1.44.